The van der Waals surface area contributed by atoms with E-state index in [0.29, 0.717) is 0 Å². The van der Waals surface area contributed by atoms with E-state index < -0.39 is 0 Å². The number of nitrogens with one attached hydrogen (secondary N) is 1. The number of benzene rings is 1. The number of likely N-dealkylation sites (N-methyl/N-ethyl adjacent to an activating group) is 1. The number of rotatable bonds is 4. The van der Waals surface area contributed by atoms with Crippen LogP contribution in [0.3, 0.4) is 0 Å². The molecule has 20 heavy (non-hydrogen) atoms. The summed E-state index contributed by atoms with van der Waals surface area (Å²) in [5.74, 6) is 0. The molecule has 2 aromatic heterocycles. The molecule has 0 fully saturated rings. The average Bonchev–Trinajstić information content (AvgIpc) is 2.89. The van der Waals surface area contributed by atoms with Gasteiger partial charge in [-0.25, -0.2) is 0 Å². The van der Waals surface area contributed by atoms with Crippen LogP contribution in [0.5, 0.6) is 0 Å². The van der Waals surface area contributed by atoms with Crippen LogP contribution >= 0.6 is 0 Å². The minimum Gasteiger partial charge on any atom is -0.311 e. The first-order chi connectivity index (χ1) is 9.76. The Labute approximate surface area is 117 Å². The molecule has 0 saturated heterocycles. The Bertz CT molecular complexity index is 719. The van der Waals surface area contributed by atoms with Crippen LogP contribution in [0, 0.1) is 0 Å². The number of pyridine rings is 1. The van der Waals surface area contributed by atoms with Crippen molar-refractivity contribution in [1.29, 1.82) is 0 Å². The van der Waals surface area contributed by atoms with Gasteiger partial charge in [-0.05, 0) is 19.2 Å². The summed E-state index contributed by atoms with van der Waals surface area (Å²) < 4.78 is 1.72. The maximum atomic E-state index is 4.73. The molecule has 2 heterocycles. The SMILES string of the molecule is CNC(Cc1cn(C)nn1)c1ccc2ccccc2n1. The fourth-order valence-corrected chi connectivity index (χ4v) is 2.33. The fraction of sp³-hybridized carbons (Fsp3) is 0.267. The molecule has 0 aliphatic carbocycles. The number of aryl methyl sites for hydroxylation is 1. The van der Waals surface area contributed by atoms with E-state index in [0.717, 1.165) is 28.7 Å². The summed E-state index contributed by atoms with van der Waals surface area (Å²) in [6, 6.07) is 12.5. The topological polar surface area (TPSA) is 55.6 Å². The Hall–Kier alpha value is -2.27. The molecular formula is C15H17N5. The number of hydrogen-bond acceptors (Lipinski definition) is 4. The smallest absolute Gasteiger partial charge is 0.0846 e. The molecule has 0 aliphatic rings. The molecule has 0 bridgehead atoms. The highest BCUT2D eigenvalue weighted by Crippen LogP contribution is 2.19. The molecule has 1 atom stereocenters. The van der Waals surface area contributed by atoms with Gasteiger partial charge in [-0.1, -0.05) is 29.5 Å². The van der Waals surface area contributed by atoms with Gasteiger partial charge in [-0.2, -0.15) is 0 Å². The lowest BCUT2D eigenvalue weighted by atomic mass is 10.1. The van der Waals surface area contributed by atoms with Gasteiger partial charge in [0.25, 0.3) is 0 Å². The molecule has 3 rings (SSSR count). The van der Waals surface area contributed by atoms with Crippen LogP contribution in [0.1, 0.15) is 17.4 Å². The van der Waals surface area contributed by atoms with E-state index in [-0.39, 0.29) is 6.04 Å². The molecule has 0 spiro atoms. The lowest BCUT2D eigenvalue weighted by molar-refractivity contribution is 0.570. The third-order valence-electron chi connectivity index (χ3n) is 3.39. The van der Waals surface area contributed by atoms with Crippen LogP contribution in [0.25, 0.3) is 10.9 Å². The van der Waals surface area contributed by atoms with Crippen molar-refractivity contribution in [3.63, 3.8) is 0 Å². The zero-order valence-electron chi connectivity index (χ0n) is 11.6. The third-order valence-corrected chi connectivity index (χ3v) is 3.39. The standard InChI is InChI=1S/C15H17N5/c1-16-15(9-12-10-20(2)19-18-12)14-8-7-11-5-3-4-6-13(11)17-14/h3-8,10,15-16H,9H2,1-2H3. The summed E-state index contributed by atoms with van der Waals surface area (Å²) in [5.41, 5.74) is 3.00. The molecule has 1 N–H and O–H groups in total. The van der Waals surface area contributed by atoms with Crippen LogP contribution in [0.4, 0.5) is 0 Å². The second-order valence-corrected chi connectivity index (χ2v) is 4.86. The molecule has 5 heteroatoms. The maximum absolute atomic E-state index is 4.73. The van der Waals surface area contributed by atoms with E-state index in [1.54, 1.807) is 4.68 Å². The van der Waals surface area contributed by atoms with Crippen molar-refractivity contribution in [2.75, 3.05) is 7.05 Å². The van der Waals surface area contributed by atoms with Gasteiger partial charge < -0.3 is 5.32 Å². The molecule has 5 nitrogen and oxygen atoms in total. The predicted octanol–water partition coefficient (Wildman–Crippen LogP) is 1.87. The number of fused-ring (bicyclic) bond motifs is 1. The molecule has 0 saturated carbocycles. The third kappa shape index (κ3) is 2.53. The van der Waals surface area contributed by atoms with Crippen LogP contribution < -0.4 is 5.32 Å². The Balaban J connectivity index is 1.90. The summed E-state index contributed by atoms with van der Waals surface area (Å²) in [7, 11) is 3.82. The molecule has 3 aromatic rings. The van der Waals surface area contributed by atoms with Crippen molar-refractivity contribution < 1.29 is 0 Å². The first-order valence-electron chi connectivity index (χ1n) is 6.64. The van der Waals surface area contributed by atoms with E-state index in [4.69, 9.17) is 4.98 Å². The minimum atomic E-state index is 0.135. The van der Waals surface area contributed by atoms with Gasteiger partial charge >= 0.3 is 0 Å². The molecule has 1 aromatic carbocycles. The van der Waals surface area contributed by atoms with Crippen molar-refractivity contribution >= 4 is 10.9 Å². The fourth-order valence-electron chi connectivity index (χ4n) is 2.33. The minimum absolute atomic E-state index is 0.135. The molecule has 1 unspecified atom stereocenters. The van der Waals surface area contributed by atoms with Gasteiger partial charge in [-0.15, -0.1) is 5.10 Å². The number of aromatic nitrogens is 4. The average molecular weight is 267 g/mol. The van der Waals surface area contributed by atoms with Gasteiger partial charge in [0, 0.05) is 25.1 Å². The summed E-state index contributed by atoms with van der Waals surface area (Å²) in [5, 5.41) is 12.6. The van der Waals surface area contributed by atoms with E-state index >= 15 is 0 Å². The Kier molecular flexibility index (Phi) is 3.43. The zero-order valence-corrected chi connectivity index (χ0v) is 11.6. The van der Waals surface area contributed by atoms with Crippen LogP contribution in [0.15, 0.2) is 42.6 Å². The van der Waals surface area contributed by atoms with Crippen LogP contribution in [-0.4, -0.2) is 27.0 Å². The van der Waals surface area contributed by atoms with E-state index in [1.807, 2.05) is 38.5 Å². The second-order valence-electron chi connectivity index (χ2n) is 4.86. The van der Waals surface area contributed by atoms with Crippen molar-refractivity contribution in [1.82, 2.24) is 25.3 Å². The first-order valence-corrected chi connectivity index (χ1v) is 6.64. The largest absolute Gasteiger partial charge is 0.311 e. The van der Waals surface area contributed by atoms with E-state index in [2.05, 4.69) is 33.8 Å². The Morgan fingerprint density at radius 1 is 1.20 bits per heavy atom. The highest BCUT2D eigenvalue weighted by molar-refractivity contribution is 5.78. The van der Waals surface area contributed by atoms with Crippen LogP contribution in [0.2, 0.25) is 0 Å². The highest BCUT2D eigenvalue weighted by Gasteiger charge is 2.14. The van der Waals surface area contributed by atoms with Crippen molar-refractivity contribution in [3.8, 4) is 0 Å². The number of nitrogens with zero attached hydrogens (tertiary/aromatic N) is 4. The van der Waals surface area contributed by atoms with Crippen molar-refractivity contribution in [2.24, 2.45) is 7.05 Å². The predicted molar refractivity (Wildman–Crippen MR) is 78.3 cm³/mol. The Morgan fingerprint density at radius 2 is 2.05 bits per heavy atom. The monoisotopic (exact) mass is 267 g/mol. The van der Waals surface area contributed by atoms with Crippen molar-refractivity contribution in [3.05, 3.63) is 54.0 Å². The van der Waals surface area contributed by atoms with E-state index in [1.165, 1.54) is 0 Å². The van der Waals surface area contributed by atoms with E-state index in [9.17, 15) is 0 Å². The summed E-state index contributed by atoms with van der Waals surface area (Å²) in [6.45, 7) is 0. The van der Waals surface area contributed by atoms with Gasteiger partial charge in [0.1, 0.15) is 0 Å². The van der Waals surface area contributed by atoms with Crippen LogP contribution in [-0.2, 0) is 13.5 Å². The lowest BCUT2D eigenvalue weighted by Crippen LogP contribution is -2.20. The lowest BCUT2D eigenvalue weighted by Gasteiger charge is -2.14. The summed E-state index contributed by atoms with van der Waals surface area (Å²) >= 11 is 0. The second kappa shape index (κ2) is 5.38. The number of hydrogen-bond donors (Lipinski definition) is 1. The zero-order chi connectivity index (χ0) is 13.9. The highest BCUT2D eigenvalue weighted by atomic mass is 15.4. The van der Waals surface area contributed by atoms with Crippen molar-refractivity contribution in [2.45, 2.75) is 12.5 Å². The van der Waals surface area contributed by atoms with Gasteiger partial charge in [-0.3, -0.25) is 9.67 Å². The Morgan fingerprint density at radius 3 is 2.80 bits per heavy atom. The van der Waals surface area contributed by atoms with Gasteiger partial charge in [0.2, 0.25) is 0 Å². The summed E-state index contributed by atoms with van der Waals surface area (Å²) in [6.07, 6.45) is 2.71. The van der Waals surface area contributed by atoms with Gasteiger partial charge in [0.15, 0.2) is 0 Å². The maximum Gasteiger partial charge on any atom is 0.0846 e. The van der Waals surface area contributed by atoms with Gasteiger partial charge in [0.05, 0.1) is 22.9 Å². The first kappa shape index (κ1) is 12.7. The molecule has 0 aliphatic heterocycles. The number of para-hydroxylation sites is 1. The molecule has 0 radical (unpaired) electrons. The molecular weight excluding hydrogens is 250 g/mol. The molecule has 0 amide bonds. The normalized spacial score (nSPS) is 12.7. The molecule has 102 valence electrons. The quantitative estimate of drug-likeness (QED) is 0.784. The summed E-state index contributed by atoms with van der Waals surface area (Å²) in [4.78, 5) is 4.73.